The number of hydrogen-bond acceptors (Lipinski definition) is 4. The Morgan fingerprint density at radius 2 is 1.96 bits per heavy atom. The summed E-state index contributed by atoms with van der Waals surface area (Å²) in [7, 11) is 0. The first-order valence-electron chi connectivity index (χ1n) is 8.03. The van der Waals surface area contributed by atoms with Crippen LogP contribution in [0.4, 0.5) is 11.5 Å². The molecule has 24 heavy (non-hydrogen) atoms. The van der Waals surface area contributed by atoms with E-state index in [0.29, 0.717) is 0 Å². The molecule has 0 spiro atoms. The van der Waals surface area contributed by atoms with Crippen molar-refractivity contribution in [1.82, 2.24) is 10.3 Å². The van der Waals surface area contributed by atoms with Crippen LogP contribution in [0.25, 0.3) is 10.9 Å². The number of nitrogens with one attached hydrogen (secondary N) is 2. The van der Waals surface area contributed by atoms with Gasteiger partial charge in [0.2, 0.25) is 0 Å². The SMILES string of the molecule is Clc1ccc2nc(Nc3ccc([C@H]4CNCCO4)cc3)ccc2c1. The van der Waals surface area contributed by atoms with E-state index in [0.717, 1.165) is 47.1 Å². The molecule has 122 valence electrons. The lowest BCUT2D eigenvalue weighted by Crippen LogP contribution is -2.33. The largest absolute Gasteiger partial charge is 0.371 e. The Balaban J connectivity index is 1.51. The van der Waals surface area contributed by atoms with Gasteiger partial charge in [-0.2, -0.15) is 0 Å². The highest BCUT2D eigenvalue weighted by Gasteiger charge is 2.15. The summed E-state index contributed by atoms with van der Waals surface area (Å²) in [5.41, 5.74) is 3.11. The number of hydrogen-bond donors (Lipinski definition) is 2. The highest BCUT2D eigenvalue weighted by atomic mass is 35.5. The maximum absolute atomic E-state index is 6.01. The van der Waals surface area contributed by atoms with E-state index in [-0.39, 0.29) is 6.10 Å². The second-order valence-electron chi connectivity index (χ2n) is 5.84. The van der Waals surface area contributed by atoms with E-state index in [1.807, 2.05) is 30.3 Å². The van der Waals surface area contributed by atoms with Crippen LogP contribution in [-0.4, -0.2) is 24.7 Å². The molecule has 5 heteroatoms. The molecular formula is C19H18ClN3O. The van der Waals surface area contributed by atoms with Crippen molar-refractivity contribution in [2.45, 2.75) is 6.10 Å². The van der Waals surface area contributed by atoms with Gasteiger partial charge in [-0.15, -0.1) is 0 Å². The zero-order valence-electron chi connectivity index (χ0n) is 13.1. The van der Waals surface area contributed by atoms with Gasteiger partial charge in [0, 0.05) is 29.2 Å². The average Bonchev–Trinajstić information content (AvgIpc) is 2.63. The van der Waals surface area contributed by atoms with Crippen molar-refractivity contribution in [3.05, 3.63) is 65.2 Å². The third-order valence-corrected chi connectivity index (χ3v) is 4.37. The molecule has 2 heterocycles. The fraction of sp³-hybridized carbons (Fsp3) is 0.211. The first kappa shape index (κ1) is 15.4. The van der Waals surface area contributed by atoms with Crippen LogP contribution in [0.1, 0.15) is 11.7 Å². The highest BCUT2D eigenvalue weighted by molar-refractivity contribution is 6.31. The van der Waals surface area contributed by atoms with Gasteiger partial charge in [0.15, 0.2) is 0 Å². The van der Waals surface area contributed by atoms with Crippen LogP contribution in [0.2, 0.25) is 5.02 Å². The van der Waals surface area contributed by atoms with E-state index in [9.17, 15) is 0 Å². The number of rotatable bonds is 3. The summed E-state index contributed by atoms with van der Waals surface area (Å²) in [6.45, 7) is 2.55. The van der Waals surface area contributed by atoms with Crippen LogP contribution in [0.15, 0.2) is 54.6 Å². The van der Waals surface area contributed by atoms with Crippen LogP contribution in [-0.2, 0) is 4.74 Å². The lowest BCUT2D eigenvalue weighted by atomic mass is 10.1. The fourth-order valence-electron chi connectivity index (χ4n) is 2.87. The molecule has 0 radical (unpaired) electrons. The van der Waals surface area contributed by atoms with Gasteiger partial charge in [-0.05, 0) is 48.0 Å². The van der Waals surface area contributed by atoms with Gasteiger partial charge < -0.3 is 15.4 Å². The molecule has 0 bridgehead atoms. The van der Waals surface area contributed by atoms with Crippen LogP contribution in [0.3, 0.4) is 0 Å². The molecule has 4 rings (SSSR count). The third-order valence-electron chi connectivity index (χ3n) is 4.13. The summed E-state index contributed by atoms with van der Waals surface area (Å²) in [5.74, 6) is 0.813. The maximum atomic E-state index is 6.01. The fourth-order valence-corrected chi connectivity index (χ4v) is 3.06. The molecule has 1 atom stereocenters. The molecule has 4 nitrogen and oxygen atoms in total. The van der Waals surface area contributed by atoms with Gasteiger partial charge in [0.1, 0.15) is 5.82 Å². The molecule has 1 saturated heterocycles. The minimum absolute atomic E-state index is 0.136. The van der Waals surface area contributed by atoms with Crippen molar-refractivity contribution in [3.8, 4) is 0 Å². The zero-order chi connectivity index (χ0) is 16.4. The molecule has 0 unspecified atom stereocenters. The van der Waals surface area contributed by atoms with Gasteiger partial charge >= 0.3 is 0 Å². The number of benzene rings is 2. The van der Waals surface area contributed by atoms with Crippen LogP contribution in [0, 0.1) is 0 Å². The van der Waals surface area contributed by atoms with Crippen LogP contribution < -0.4 is 10.6 Å². The summed E-state index contributed by atoms with van der Waals surface area (Å²) in [5, 5.41) is 8.44. The Morgan fingerprint density at radius 3 is 2.75 bits per heavy atom. The quantitative estimate of drug-likeness (QED) is 0.747. The van der Waals surface area contributed by atoms with Crippen molar-refractivity contribution in [1.29, 1.82) is 0 Å². The van der Waals surface area contributed by atoms with Crippen LogP contribution >= 0.6 is 11.6 Å². The lowest BCUT2D eigenvalue weighted by Gasteiger charge is -2.24. The van der Waals surface area contributed by atoms with E-state index in [1.54, 1.807) is 0 Å². The third kappa shape index (κ3) is 3.36. The van der Waals surface area contributed by atoms with E-state index < -0.39 is 0 Å². The standard InChI is InChI=1S/C19H18ClN3O/c20-15-4-7-17-14(11-15)3-8-19(23-17)22-16-5-1-13(2-6-16)18-12-21-9-10-24-18/h1-8,11,18,21H,9-10,12H2,(H,22,23)/t18-/m1/s1. The number of morpholine rings is 1. The first-order valence-corrected chi connectivity index (χ1v) is 8.41. The molecule has 1 fully saturated rings. The number of nitrogens with zero attached hydrogens (tertiary/aromatic N) is 1. The summed E-state index contributed by atoms with van der Waals surface area (Å²) >= 11 is 6.01. The molecule has 3 aromatic rings. The molecule has 1 aliphatic rings. The number of pyridine rings is 1. The molecule has 0 amide bonds. The van der Waals surface area contributed by atoms with Crippen molar-refractivity contribution >= 4 is 34.0 Å². The Kier molecular flexibility index (Phi) is 4.34. The van der Waals surface area contributed by atoms with Crippen molar-refractivity contribution in [3.63, 3.8) is 0 Å². The predicted molar refractivity (Wildman–Crippen MR) is 98.0 cm³/mol. The molecule has 1 aromatic heterocycles. The monoisotopic (exact) mass is 339 g/mol. The average molecular weight is 340 g/mol. The van der Waals surface area contributed by atoms with Crippen molar-refractivity contribution in [2.24, 2.45) is 0 Å². The number of aromatic nitrogens is 1. The Labute approximate surface area is 145 Å². The van der Waals surface area contributed by atoms with Gasteiger partial charge in [-0.1, -0.05) is 23.7 Å². The second-order valence-corrected chi connectivity index (χ2v) is 6.28. The summed E-state index contributed by atoms with van der Waals surface area (Å²) < 4.78 is 5.77. The zero-order valence-corrected chi connectivity index (χ0v) is 13.9. The molecule has 1 aliphatic heterocycles. The van der Waals surface area contributed by atoms with Crippen LogP contribution in [0.5, 0.6) is 0 Å². The topological polar surface area (TPSA) is 46.2 Å². The molecule has 2 aromatic carbocycles. The predicted octanol–water partition coefficient (Wildman–Crippen LogP) is 4.29. The molecular weight excluding hydrogens is 322 g/mol. The lowest BCUT2D eigenvalue weighted by molar-refractivity contribution is 0.0277. The van der Waals surface area contributed by atoms with Gasteiger partial charge in [0.25, 0.3) is 0 Å². The molecule has 0 saturated carbocycles. The van der Waals surface area contributed by atoms with Gasteiger partial charge in [0.05, 0.1) is 18.2 Å². The number of ether oxygens (including phenoxy) is 1. The summed E-state index contributed by atoms with van der Waals surface area (Å²) in [4.78, 5) is 4.62. The van der Waals surface area contributed by atoms with E-state index >= 15 is 0 Å². The highest BCUT2D eigenvalue weighted by Crippen LogP contribution is 2.24. The molecule has 2 N–H and O–H groups in total. The second kappa shape index (κ2) is 6.77. The molecule has 0 aliphatic carbocycles. The van der Waals surface area contributed by atoms with E-state index in [4.69, 9.17) is 16.3 Å². The Bertz CT molecular complexity index is 845. The van der Waals surface area contributed by atoms with E-state index in [2.05, 4.69) is 39.9 Å². The van der Waals surface area contributed by atoms with Gasteiger partial charge in [-0.25, -0.2) is 4.98 Å². The van der Waals surface area contributed by atoms with E-state index in [1.165, 1.54) is 5.56 Å². The smallest absolute Gasteiger partial charge is 0.131 e. The normalized spacial score (nSPS) is 17.8. The minimum Gasteiger partial charge on any atom is -0.371 e. The van der Waals surface area contributed by atoms with Crippen molar-refractivity contribution < 1.29 is 4.74 Å². The van der Waals surface area contributed by atoms with Crippen molar-refractivity contribution in [2.75, 3.05) is 25.0 Å². The number of fused-ring (bicyclic) bond motifs is 1. The Morgan fingerprint density at radius 1 is 1.08 bits per heavy atom. The number of anilines is 2. The Hall–Kier alpha value is -2.14. The summed E-state index contributed by atoms with van der Waals surface area (Å²) in [6.07, 6.45) is 0.136. The first-order chi connectivity index (χ1) is 11.8. The van der Waals surface area contributed by atoms with Gasteiger partial charge in [-0.3, -0.25) is 0 Å². The maximum Gasteiger partial charge on any atom is 0.131 e. The number of halogens is 1. The minimum atomic E-state index is 0.136. The summed E-state index contributed by atoms with van der Waals surface area (Å²) in [6, 6.07) is 18.0.